The fraction of sp³-hybridized carbons (Fsp3) is 0.350. The van der Waals surface area contributed by atoms with Crippen molar-refractivity contribution in [3.8, 4) is 5.75 Å². The van der Waals surface area contributed by atoms with Crippen LogP contribution in [0.5, 0.6) is 5.75 Å². The Kier molecular flexibility index (Phi) is 11.4. The molecule has 2 N–H and O–H groups in total. The van der Waals surface area contributed by atoms with Crippen LogP contribution in [-0.4, -0.2) is 46.9 Å². The zero-order valence-corrected chi connectivity index (χ0v) is 20.4. The van der Waals surface area contributed by atoms with Crippen LogP contribution in [0.15, 0.2) is 58.4 Å². The number of sulfone groups is 1. The average Bonchev–Trinajstić information content (AvgIpc) is 2.66. The number of nitrogens with one attached hydrogen (secondary N) is 2. The van der Waals surface area contributed by atoms with E-state index in [1.165, 1.54) is 6.26 Å². The van der Waals surface area contributed by atoms with Crippen LogP contribution >= 0.6 is 35.6 Å². The van der Waals surface area contributed by atoms with Gasteiger partial charge in [0.1, 0.15) is 12.4 Å². The summed E-state index contributed by atoms with van der Waals surface area (Å²) in [6.45, 7) is 4.46. The molecule has 29 heavy (non-hydrogen) atoms. The molecule has 160 valence electrons. The Hall–Kier alpha value is -1.52. The van der Waals surface area contributed by atoms with Gasteiger partial charge in [-0.15, -0.1) is 24.0 Å². The van der Waals surface area contributed by atoms with Gasteiger partial charge >= 0.3 is 0 Å². The zero-order chi connectivity index (χ0) is 20.4. The van der Waals surface area contributed by atoms with Crippen LogP contribution in [0.1, 0.15) is 12.5 Å². The third kappa shape index (κ3) is 9.68. The van der Waals surface area contributed by atoms with Crippen molar-refractivity contribution in [3.05, 3.63) is 59.1 Å². The summed E-state index contributed by atoms with van der Waals surface area (Å²) in [6, 6.07) is 14.2. The molecule has 0 heterocycles. The van der Waals surface area contributed by atoms with Gasteiger partial charge < -0.3 is 15.4 Å². The predicted octanol–water partition coefficient (Wildman–Crippen LogP) is 3.54. The van der Waals surface area contributed by atoms with E-state index in [4.69, 9.17) is 16.3 Å². The molecule has 2 aromatic rings. The SMILES string of the molecule is CCNC(=NCCc1ccc(S(C)(=O)=O)cc1)NCCOc1ccc(Cl)cc1.I. The molecule has 2 rings (SSSR count). The Morgan fingerprint density at radius 1 is 1.07 bits per heavy atom. The minimum Gasteiger partial charge on any atom is -0.492 e. The minimum atomic E-state index is -3.16. The largest absolute Gasteiger partial charge is 0.492 e. The Bertz CT molecular complexity index is 873. The van der Waals surface area contributed by atoms with Crippen molar-refractivity contribution in [2.75, 3.05) is 32.5 Å². The number of hydrogen-bond acceptors (Lipinski definition) is 4. The quantitative estimate of drug-likeness (QED) is 0.216. The van der Waals surface area contributed by atoms with Gasteiger partial charge in [0.25, 0.3) is 0 Å². The van der Waals surface area contributed by atoms with Crippen molar-refractivity contribution >= 4 is 51.4 Å². The number of ether oxygens (including phenoxy) is 1. The highest BCUT2D eigenvalue weighted by atomic mass is 127. The van der Waals surface area contributed by atoms with Gasteiger partial charge in [0, 0.05) is 24.4 Å². The second-order valence-electron chi connectivity index (χ2n) is 6.16. The van der Waals surface area contributed by atoms with E-state index in [-0.39, 0.29) is 24.0 Å². The van der Waals surface area contributed by atoms with E-state index in [9.17, 15) is 8.42 Å². The molecule has 0 aliphatic rings. The fourth-order valence-corrected chi connectivity index (χ4v) is 3.17. The normalized spacial score (nSPS) is 11.5. The lowest BCUT2D eigenvalue weighted by Crippen LogP contribution is -2.39. The molecule has 0 unspecified atom stereocenters. The van der Waals surface area contributed by atoms with E-state index in [0.29, 0.717) is 29.6 Å². The van der Waals surface area contributed by atoms with E-state index < -0.39 is 9.84 Å². The van der Waals surface area contributed by atoms with E-state index in [1.807, 2.05) is 31.2 Å². The first-order valence-corrected chi connectivity index (χ1v) is 11.3. The number of benzene rings is 2. The molecule has 2 aromatic carbocycles. The van der Waals surface area contributed by atoms with Crippen molar-refractivity contribution in [2.45, 2.75) is 18.2 Å². The number of rotatable bonds is 9. The highest BCUT2D eigenvalue weighted by molar-refractivity contribution is 14.0. The molecule has 0 aliphatic carbocycles. The van der Waals surface area contributed by atoms with E-state index in [0.717, 1.165) is 30.2 Å². The van der Waals surface area contributed by atoms with E-state index in [1.54, 1.807) is 24.3 Å². The van der Waals surface area contributed by atoms with Gasteiger partial charge in [0.15, 0.2) is 15.8 Å². The van der Waals surface area contributed by atoms with E-state index in [2.05, 4.69) is 15.6 Å². The van der Waals surface area contributed by atoms with Crippen LogP contribution in [-0.2, 0) is 16.3 Å². The van der Waals surface area contributed by atoms with Gasteiger partial charge in [-0.05, 0) is 55.3 Å². The summed E-state index contributed by atoms with van der Waals surface area (Å²) in [6.07, 6.45) is 1.93. The molecule has 0 fully saturated rings. The molecule has 0 aromatic heterocycles. The molecular formula is C20H27ClIN3O3S. The maximum Gasteiger partial charge on any atom is 0.191 e. The highest BCUT2D eigenvalue weighted by Gasteiger charge is 2.06. The molecule has 0 saturated carbocycles. The minimum absolute atomic E-state index is 0. The molecule has 6 nitrogen and oxygen atoms in total. The molecular weight excluding hydrogens is 525 g/mol. The first-order valence-electron chi connectivity index (χ1n) is 9.08. The van der Waals surface area contributed by atoms with E-state index >= 15 is 0 Å². The van der Waals surface area contributed by atoms with Gasteiger partial charge in [0.2, 0.25) is 0 Å². The number of hydrogen-bond donors (Lipinski definition) is 2. The van der Waals surface area contributed by atoms with Crippen molar-refractivity contribution in [2.24, 2.45) is 4.99 Å². The first-order chi connectivity index (χ1) is 13.4. The van der Waals surface area contributed by atoms with Gasteiger partial charge in [-0.2, -0.15) is 0 Å². The number of halogens is 2. The van der Waals surface area contributed by atoms with Gasteiger partial charge in [-0.1, -0.05) is 23.7 Å². The average molecular weight is 552 g/mol. The lowest BCUT2D eigenvalue weighted by molar-refractivity contribution is 0.322. The summed E-state index contributed by atoms with van der Waals surface area (Å²) >= 11 is 5.85. The first kappa shape index (κ1) is 25.5. The Morgan fingerprint density at radius 3 is 2.31 bits per heavy atom. The number of guanidine groups is 1. The summed E-state index contributed by atoms with van der Waals surface area (Å²) in [5.74, 6) is 1.49. The lowest BCUT2D eigenvalue weighted by Gasteiger charge is -2.12. The van der Waals surface area contributed by atoms with Crippen molar-refractivity contribution in [1.82, 2.24) is 10.6 Å². The highest BCUT2D eigenvalue weighted by Crippen LogP contribution is 2.15. The monoisotopic (exact) mass is 551 g/mol. The Balaban J connectivity index is 0.00000420. The second kappa shape index (κ2) is 12.9. The van der Waals surface area contributed by atoms with Gasteiger partial charge in [0.05, 0.1) is 11.4 Å². The standard InChI is InChI=1S/C20H26ClN3O3S.HI/c1-3-22-20(24-14-15-27-18-8-6-17(21)7-9-18)23-13-12-16-4-10-19(11-5-16)28(2,25)26;/h4-11H,3,12-15H2,1-2H3,(H2,22,23,24);1H. The molecule has 0 amide bonds. The lowest BCUT2D eigenvalue weighted by atomic mass is 10.1. The summed E-state index contributed by atoms with van der Waals surface area (Å²) in [7, 11) is -3.16. The Labute approximate surface area is 195 Å². The third-order valence-electron chi connectivity index (χ3n) is 3.84. The molecule has 9 heteroatoms. The zero-order valence-electron chi connectivity index (χ0n) is 16.5. The fourth-order valence-electron chi connectivity index (χ4n) is 2.41. The van der Waals surface area contributed by atoms with Crippen LogP contribution in [0.2, 0.25) is 5.02 Å². The van der Waals surface area contributed by atoms with Crippen LogP contribution in [0.3, 0.4) is 0 Å². The summed E-state index contributed by atoms with van der Waals surface area (Å²) < 4.78 is 28.6. The predicted molar refractivity (Wildman–Crippen MR) is 130 cm³/mol. The topological polar surface area (TPSA) is 79.8 Å². The number of aliphatic imine (C=N–C) groups is 1. The van der Waals surface area contributed by atoms with Gasteiger partial charge in [-0.25, -0.2) is 8.42 Å². The van der Waals surface area contributed by atoms with Crippen LogP contribution in [0, 0.1) is 0 Å². The van der Waals surface area contributed by atoms with Crippen molar-refractivity contribution in [1.29, 1.82) is 0 Å². The van der Waals surface area contributed by atoms with Gasteiger partial charge in [-0.3, -0.25) is 4.99 Å². The molecule has 0 spiro atoms. The molecule has 0 bridgehead atoms. The van der Waals surface area contributed by atoms with Crippen LogP contribution in [0.25, 0.3) is 0 Å². The summed E-state index contributed by atoms with van der Waals surface area (Å²) in [5, 5.41) is 7.10. The Morgan fingerprint density at radius 2 is 1.72 bits per heavy atom. The second-order valence-corrected chi connectivity index (χ2v) is 8.61. The molecule has 0 atom stereocenters. The molecule has 0 radical (unpaired) electrons. The van der Waals surface area contributed by atoms with Crippen LogP contribution in [0.4, 0.5) is 0 Å². The molecule has 0 saturated heterocycles. The summed E-state index contributed by atoms with van der Waals surface area (Å²) in [4.78, 5) is 4.87. The third-order valence-corrected chi connectivity index (χ3v) is 5.22. The number of nitrogens with zero attached hydrogens (tertiary/aromatic N) is 1. The summed E-state index contributed by atoms with van der Waals surface area (Å²) in [5.41, 5.74) is 1.04. The molecule has 0 aliphatic heterocycles. The van der Waals surface area contributed by atoms with Crippen molar-refractivity contribution in [3.63, 3.8) is 0 Å². The maximum absolute atomic E-state index is 11.5. The maximum atomic E-state index is 11.5. The van der Waals surface area contributed by atoms with Crippen molar-refractivity contribution < 1.29 is 13.2 Å². The smallest absolute Gasteiger partial charge is 0.191 e. The van der Waals surface area contributed by atoms with Crippen LogP contribution < -0.4 is 15.4 Å².